The first-order valence-corrected chi connectivity index (χ1v) is 6.49. The van der Waals surface area contributed by atoms with Crippen LogP contribution in [-0.4, -0.2) is 31.8 Å². The summed E-state index contributed by atoms with van der Waals surface area (Å²) < 4.78 is 10.6. The summed E-state index contributed by atoms with van der Waals surface area (Å²) in [5, 5.41) is 2.90. The fraction of sp³-hybridized carbons (Fsp3) is 0.500. The zero-order valence-electron chi connectivity index (χ0n) is 11.3. The third-order valence-corrected chi connectivity index (χ3v) is 3.23. The number of nitrogens with one attached hydrogen (secondary N) is 1. The summed E-state index contributed by atoms with van der Waals surface area (Å²) in [4.78, 5) is 12.1. The lowest BCUT2D eigenvalue weighted by atomic mass is 10.0. The molecule has 2 atom stereocenters. The summed E-state index contributed by atoms with van der Waals surface area (Å²) >= 11 is 0. The highest BCUT2D eigenvalue weighted by Crippen LogP contribution is 2.23. The molecule has 3 N–H and O–H groups in total. The highest BCUT2D eigenvalue weighted by atomic mass is 16.5. The number of amides is 1. The van der Waals surface area contributed by atoms with Gasteiger partial charge in [0, 0.05) is 11.7 Å². The second-order valence-electron chi connectivity index (χ2n) is 4.71. The molecular formula is C14H20N2O3. The van der Waals surface area contributed by atoms with E-state index in [0.29, 0.717) is 19.8 Å². The molecule has 5 nitrogen and oxygen atoms in total. The zero-order chi connectivity index (χ0) is 13.8. The van der Waals surface area contributed by atoms with Gasteiger partial charge in [0.2, 0.25) is 5.91 Å². The molecule has 19 heavy (non-hydrogen) atoms. The van der Waals surface area contributed by atoms with Gasteiger partial charge in [0.25, 0.3) is 0 Å². The molecule has 1 saturated heterocycles. The van der Waals surface area contributed by atoms with Crippen LogP contribution in [0.2, 0.25) is 0 Å². The van der Waals surface area contributed by atoms with Gasteiger partial charge in [-0.25, -0.2) is 0 Å². The van der Waals surface area contributed by atoms with E-state index in [1.165, 1.54) is 0 Å². The van der Waals surface area contributed by atoms with Crippen LogP contribution in [-0.2, 0) is 9.53 Å². The number of rotatable bonds is 4. The van der Waals surface area contributed by atoms with Gasteiger partial charge in [-0.15, -0.1) is 0 Å². The van der Waals surface area contributed by atoms with Crippen molar-refractivity contribution in [1.82, 2.24) is 0 Å². The Balaban J connectivity index is 2.04. The van der Waals surface area contributed by atoms with Gasteiger partial charge in [0.05, 0.1) is 25.7 Å². The van der Waals surface area contributed by atoms with E-state index in [4.69, 9.17) is 15.2 Å². The number of ether oxygens (including phenoxy) is 2. The van der Waals surface area contributed by atoms with E-state index >= 15 is 0 Å². The van der Waals surface area contributed by atoms with Crippen LogP contribution in [0.3, 0.4) is 0 Å². The first-order chi connectivity index (χ1) is 9.11. The van der Waals surface area contributed by atoms with Gasteiger partial charge in [0.1, 0.15) is 5.75 Å². The van der Waals surface area contributed by atoms with E-state index in [-0.39, 0.29) is 17.9 Å². The summed E-state index contributed by atoms with van der Waals surface area (Å²) in [5.74, 6) is 0.446. The summed E-state index contributed by atoms with van der Waals surface area (Å²) in [6, 6.07) is 5.38. The minimum absolute atomic E-state index is 0.0859. The van der Waals surface area contributed by atoms with Crippen molar-refractivity contribution >= 4 is 11.6 Å². The second kappa shape index (κ2) is 6.04. The van der Waals surface area contributed by atoms with Crippen LogP contribution >= 0.6 is 0 Å². The highest BCUT2D eigenvalue weighted by molar-refractivity contribution is 5.94. The molecule has 2 rings (SSSR count). The van der Waals surface area contributed by atoms with Crippen molar-refractivity contribution in [2.75, 3.05) is 25.1 Å². The molecule has 0 spiro atoms. The van der Waals surface area contributed by atoms with Gasteiger partial charge in [-0.3, -0.25) is 4.79 Å². The number of nitrogens with two attached hydrogens (primary N) is 1. The van der Waals surface area contributed by atoms with Crippen LogP contribution in [0.15, 0.2) is 18.2 Å². The van der Waals surface area contributed by atoms with Crippen LogP contribution in [0.1, 0.15) is 12.5 Å². The summed E-state index contributed by atoms with van der Waals surface area (Å²) in [6.45, 7) is 5.33. The molecule has 1 aliphatic rings. The molecule has 1 aromatic carbocycles. The molecule has 1 fully saturated rings. The van der Waals surface area contributed by atoms with Gasteiger partial charge < -0.3 is 20.5 Å². The average molecular weight is 264 g/mol. The first kappa shape index (κ1) is 13.8. The Morgan fingerprint density at radius 3 is 2.89 bits per heavy atom. The molecule has 5 heteroatoms. The van der Waals surface area contributed by atoms with Crippen molar-refractivity contribution in [3.05, 3.63) is 23.8 Å². The SMILES string of the molecule is CCOc1ccc(NC(=O)C2COCC2N)c(C)c1. The van der Waals surface area contributed by atoms with Crippen molar-refractivity contribution in [1.29, 1.82) is 0 Å². The van der Waals surface area contributed by atoms with Gasteiger partial charge in [-0.1, -0.05) is 0 Å². The van der Waals surface area contributed by atoms with Crippen molar-refractivity contribution < 1.29 is 14.3 Å². The standard InChI is InChI=1S/C14H20N2O3/c1-3-19-10-4-5-13(9(2)6-10)16-14(17)11-7-18-8-12(11)15/h4-6,11-12H,3,7-8,15H2,1-2H3,(H,16,17). The Kier molecular flexibility index (Phi) is 4.39. The molecule has 2 unspecified atom stereocenters. The third kappa shape index (κ3) is 3.24. The van der Waals surface area contributed by atoms with E-state index in [9.17, 15) is 4.79 Å². The number of carbonyl (C=O) groups is 1. The lowest BCUT2D eigenvalue weighted by molar-refractivity contribution is -0.120. The summed E-state index contributed by atoms with van der Waals surface area (Å²) in [5.41, 5.74) is 7.58. The molecule has 0 aromatic heterocycles. The third-order valence-electron chi connectivity index (χ3n) is 3.23. The van der Waals surface area contributed by atoms with Crippen molar-refractivity contribution in [2.24, 2.45) is 11.7 Å². The molecular weight excluding hydrogens is 244 g/mol. The fourth-order valence-corrected chi connectivity index (χ4v) is 2.10. The largest absolute Gasteiger partial charge is 0.494 e. The maximum absolute atomic E-state index is 12.1. The zero-order valence-corrected chi connectivity index (χ0v) is 11.3. The highest BCUT2D eigenvalue weighted by Gasteiger charge is 2.31. The van der Waals surface area contributed by atoms with Crippen molar-refractivity contribution in [3.8, 4) is 5.75 Å². The Labute approximate surface area is 113 Å². The average Bonchev–Trinajstić information content (AvgIpc) is 2.79. The minimum atomic E-state index is -0.272. The van der Waals surface area contributed by atoms with Crippen molar-refractivity contribution in [2.45, 2.75) is 19.9 Å². The van der Waals surface area contributed by atoms with Gasteiger partial charge in [-0.05, 0) is 37.6 Å². The number of benzene rings is 1. The normalized spacial score (nSPS) is 22.3. The molecule has 1 amide bonds. The Morgan fingerprint density at radius 1 is 1.53 bits per heavy atom. The van der Waals surface area contributed by atoms with Gasteiger partial charge in [0.15, 0.2) is 0 Å². The number of hydrogen-bond donors (Lipinski definition) is 2. The fourth-order valence-electron chi connectivity index (χ4n) is 2.10. The molecule has 1 aliphatic heterocycles. The van der Waals surface area contributed by atoms with E-state index in [2.05, 4.69) is 5.32 Å². The lowest BCUT2D eigenvalue weighted by Gasteiger charge is -2.15. The molecule has 1 aromatic rings. The van der Waals surface area contributed by atoms with Crippen LogP contribution < -0.4 is 15.8 Å². The van der Waals surface area contributed by atoms with E-state index in [1.54, 1.807) is 0 Å². The number of anilines is 1. The molecule has 0 bridgehead atoms. The van der Waals surface area contributed by atoms with Gasteiger partial charge >= 0.3 is 0 Å². The van der Waals surface area contributed by atoms with Crippen molar-refractivity contribution in [3.63, 3.8) is 0 Å². The van der Waals surface area contributed by atoms with E-state index in [1.807, 2.05) is 32.0 Å². The number of hydrogen-bond acceptors (Lipinski definition) is 4. The molecule has 0 radical (unpaired) electrons. The lowest BCUT2D eigenvalue weighted by Crippen LogP contribution is -2.37. The number of carbonyl (C=O) groups excluding carboxylic acids is 1. The first-order valence-electron chi connectivity index (χ1n) is 6.49. The van der Waals surface area contributed by atoms with Gasteiger partial charge in [-0.2, -0.15) is 0 Å². The Hall–Kier alpha value is -1.59. The Morgan fingerprint density at radius 2 is 2.32 bits per heavy atom. The van der Waals surface area contributed by atoms with E-state index in [0.717, 1.165) is 17.0 Å². The predicted molar refractivity (Wildman–Crippen MR) is 73.3 cm³/mol. The van der Waals surface area contributed by atoms with Crippen LogP contribution in [0, 0.1) is 12.8 Å². The maximum atomic E-state index is 12.1. The Bertz CT molecular complexity index is 462. The smallest absolute Gasteiger partial charge is 0.231 e. The van der Waals surface area contributed by atoms with Crippen LogP contribution in [0.4, 0.5) is 5.69 Å². The maximum Gasteiger partial charge on any atom is 0.231 e. The predicted octanol–water partition coefficient (Wildman–Crippen LogP) is 1.31. The molecule has 0 aliphatic carbocycles. The summed E-state index contributed by atoms with van der Waals surface area (Å²) in [7, 11) is 0. The topological polar surface area (TPSA) is 73.6 Å². The summed E-state index contributed by atoms with van der Waals surface area (Å²) in [6.07, 6.45) is 0. The monoisotopic (exact) mass is 264 g/mol. The molecule has 0 saturated carbocycles. The quantitative estimate of drug-likeness (QED) is 0.860. The molecule has 104 valence electrons. The van der Waals surface area contributed by atoms with Crippen LogP contribution in [0.25, 0.3) is 0 Å². The second-order valence-corrected chi connectivity index (χ2v) is 4.71. The number of aryl methyl sites for hydroxylation is 1. The van der Waals surface area contributed by atoms with Crippen LogP contribution in [0.5, 0.6) is 5.75 Å². The van der Waals surface area contributed by atoms with E-state index < -0.39 is 0 Å². The minimum Gasteiger partial charge on any atom is -0.494 e. The molecule has 1 heterocycles.